The minimum absolute atomic E-state index is 0.0913. The highest BCUT2D eigenvalue weighted by Gasteiger charge is 2.44. The van der Waals surface area contributed by atoms with E-state index in [2.05, 4.69) is 5.32 Å². The molecule has 2 aliphatic heterocycles. The molecule has 1 atom stereocenters. The van der Waals surface area contributed by atoms with Crippen molar-refractivity contribution < 1.29 is 37.5 Å². The Morgan fingerprint density at radius 2 is 1.83 bits per heavy atom. The van der Waals surface area contributed by atoms with Crippen LogP contribution in [0.25, 0.3) is 0 Å². The van der Waals surface area contributed by atoms with Crippen LogP contribution in [0.4, 0.5) is 34.1 Å². The molecule has 2 N–H and O–H groups in total. The zero-order valence-electron chi connectivity index (χ0n) is 18.2. The van der Waals surface area contributed by atoms with Gasteiger partial charge in [-0.15, -0.1) is 0 Å². The van der Waals surface area contributed by atoms with Crippen LogP contribution in [0, 0.1) is 5.92 Å². The van der Waals surface area contributed by atoms with Gasteiger partial charge in [-0.2, -0.15) is 13.2 Å². The van der Waals surface area contributed by atoms with Crippen LogP contribution >= 0.6 is 23.2 Å². The quantitative estimate of drug-likeness (QED) is 0.548. The lowest BCUT2D eigenvalue weighted by atomic mass is 10.0. The van der Waals surface area contributed by atoms with Gasteiger partial charge in [-0.25, -0.2) is 9.59 Å². The molecule has 2 fully saturated rings. The van der Waals surface area contributed by atoms with Crippen LogP contribution in [0.1, 0.15) is 11.1 Å². The van der Waals surface area contributed by atoms with E-state index in [0.29, 0.717) is 23.7 Å². The number of benzene rings is 2. The number of alkyl halides is 3. The van der Waals surface area contributed by atoms with Gasteiger partial charge in [0.1, 0.15) is 0 Å². The van der Waals surface area contributed by atoms with Crippen LogP contribution < -0.4 is 15.1 Å². The zero-order chi connectivity index (χ0) is 26.4. The smallest absolute Gasteiger partial charge is 0.417 e. The van der Waals surface area contributed by atoms with E-state index in [9.17, 15) is 37.5 Å². The van der Waals surface area contributed by atoms with Crippen molar-refractivity contribution in [3.05, 3.63) is 57.6 Å². The second-order valence-electron chi connectivity index (χ2n) is 8.00. The maximum atomic E-state index is 13.3. The number of rotatable bonds is 5. The lowest BCUT2D eigenvalue weighted by Gasteiger charge is -2.37. The first-order valence-electron chi connectivity index (χ1n) is 10.5. The van der Waals surface area contributed by atoms with E-state index in [1.165, 1.54) is 29.2 Å². The number of nitrogens with zero attached hydrogens (tertiary/aromatic N) is 3. The number of carboxylic acid groups (broad SMARTS) is 1. The third-order valence-electron chi connectivity index (χ3n) is 5.79. The molecule has 190 valence electrons. The number of carbonyl (C=O) groups excluding carboxylic acids is 3. The van der Waals surface area contributed by atoms with E-state index >= 15 is 0 Å². The summed E-state index contributed by atoms with van der Waals surface area (Å²) in [5.74, 6) is -4.29. The summed E-state index contributed by atoms with van der Waals surface area (Å²) in [6.45, 7) is -0.432. The first kappa shape index (κ1) is 25.6. The maximum absolute atomic E-state index is 13.3. The number of anilines is 2. The van der Waals surface area contributed by atoms with Crippen LogP contribution in [-0.4, -0.2) is 53.6 Å². The lowest BCUT2D eigenvalue weighted by molar-refractivity contribution is -0.150. The molecule has 36 heavy (non-hydrogen) atoms. The molecule has 2 saturated heterocycles. The molecule has 0 saturated carbocycles. The van der Waals surface area contributed by atoms with Gasteiger partial charge in [-0.1, -0.05) is 35.3 Å². The summed E-state index contributed by atoms with van der Waals surface area (Å²) in [5, 5.41) is 11.6. The normalized spacial score (nSPS) is 18.6. The van der Waals surface area contributed by atoms with Gasteiger partial charge >= 0.3 is 24.2 Å². The second-order valence-corrected chi connectivity index (χ2v) is 8.79. The number of amides is 5. The van der Waals surface area contributed by atoms with Gasteiger partial charge in [0.25, 0.3) is 0 Å². The third-order valence-corrected chi connectivity index (χ3v) is 6.54. The summed E-state index contributed by atoms with van der Waals surface area (Å²) in [7, 11) is 0. The van der Waals surface area contributed by atoms with E-state index in [4.69, 9.17) is 23.2 Å². The van der Waals surface area contributed by atoms with Crippen molar-refractivity contribution >= 4 is 58.5 Å². The Morgan fingerprint density at radius 3 is 2.42 bits per heavy atom. The molecule has 0 aliphatic carbocycles. The fourth-order valence-corrected chi connectivity index (χ4v) is 4.56. The minimum atomic E-state index is -4.77. The summed E-state index contributed by atoms with van der Waals surface area (Å²) >= 11 is 12.3. The van der Waals surface area contributed by atoms with Crippen molar-refractivity contribution in [2.45, 2.75) is 12.7 Å². The fourth-order valence-electron chi connectivity index (χ4n) is 3.99. The third kappa shape index (κ3) is 4.65. The highest BCUT2D eigenvalue weighted by molar-refractivity contribution is 6.34. The number of imide groups is 1. The average Bonchev–Trinajstić information content (AvgIpc) is 3.22. The predicted octanol–water partition coefficient (Wildman–Crippen LogP) is 4.21. The van der Waals surface area contributed by atoms with E-state index in [1.54, 1.807) is 0 Å². The molecule has 2 aromatic rings. The van der Waals surface area contributed by atoms with Crippen LogP contribution in [0.3, 0.4) is 0 Å². The van der Waals surface area contributed by atoms with Crippen molar-refractivity contribution in [3.63, 3.8) is 0 Å². The van der Waals surface area contributed by atoms with Crippen molar-refractivity contribution in [3.8, 4) is 0 Å². The van der Waals surface area contributed by atoms with Crippen LogP contribution in [0.5, 0.6) is 0 Å². The number of hydrogen-bond acceptors (Lipinski definition) is 4. The van der Waals surface area contributed by atoms with Crippen molar-refractivity contribution in [1.29, 1.82) is 0 Å². The van der Waals surface area contributed by atoms with Gasteiger partial charge in [0.15, 0.2) is 5.92 Å². The Balaban J connectivity index is 1.68. The molecule has 9 nitrogen and oxygen atoms in total. The molecule has 4 rings (SSSR count). The van der Waals surface area contributed by atoms with Gasteiger partial charge in [0.2, 0.25) is 5.91 Å². The molecule has 2 aromatic carbocycles. The summed E-state index contributed by atoms with van der Waals surface area (Å²) < 4.78 is 39.8. The largest absolute Gasteiger partial charge is 0.481 e. The van der Waals surface area contributed by atoms with E-state index in [0.717, 1.165) is 17.0 Å². The number of hydrogen-bond donors (Lipinski definition) is 2. The number of carbonyl (C=O) groups is 4. The summed E-state index contributed by atoms with van der Waals surface area (Å²) in [5.41, 5.74) is -0.850. The molecule has 0 radical (unpaired) electrons. The Hall–Kier alpha value is -3.51. The van der Waals surface area contributed by atoms with Gasteiger partial charge in [-0.3, -0.25) is 24.3 Å². The Bertz CT molecular complexity index is 1270. The van der Waals surface area contributed by atoms with Gasteiger partial charge < -0.3 is 10.4 Å². The van der Waals surface area contributed by atoms with Crippen LogP contribution in [-0.2, 0) is 22.3 Å². The molecular weight excluding hydrogens is 528 g/mol. The molecule has 0 spiro atoms. The van der Waals surface area contributed by atoms with Gasteiger partial charge in [0.05, 0.1) is 27.8 Å². The van der Waals surface area contributed by atoms with E-state index < -0.39 is 53.7 Å². The van der Waals surface area contributed by atoms with E-state index in [-0.39, 0.29) is 22.3 Å². The second kappa shape index (κ2) is 9.51. The standard InChI is InChI=1S/C22H17Cl2F3N4O5/c23-15-8-12(4-5-16(15)29-7-6-28-20(29)35)30-10-13(19(33)34)18(32)31(21(30)36)9-11-2-1-3-14(17(11)24)22(25,26)27/h1-5,8,13H,6-7,9-10H2,(H,28,35)(H,33,34). The SMILES string of the molecule is O=C(O)C1CN(c2ccc(N3CCNC3=O)c(Cl)c2)C(=O)N(Cc2cccc(C(F)(F)F)c2Cl)C1=O. The number of halogens is 5. The van der Waals surface area contributed by atoms with Gasteiger partial charge in [-0.05, 0) is 29.8 Å². The summed E-state index contributed by atoms with van der Waals surface area (Å²) in [4.78, 5) is 52.8. The average molecular weight is 545 g/mol. The molecular formula is C22H17Cl2F3N4O5. The highest BCUT2D eigenvalue weighted by atomic mass is 35.5. The van der Waals surface area contributed by atoms with Crippen LogP contribution in [0.15, 0.2) is 36.4 Å². The van der Waals surface area contributed by atoms with Crippen LogP contribution in [0.2, 0.25) is 10.0 Å². The molecule has 0 bridgehead atoms. The highest BCUT2D eigenvalue weighted by Crippen LogP contribution is 2.38. The molecule has 0 aromatic heterocycles. The molecule has 2 aliphatic rings. The molecule has 2 heterocycles. The van der Waals surface area contributed by atoms with Crippen molar-refractivity contribution in [2.75, 3.05) is 29.4 Å². The molecule has 1 unspecified atom stereocenters. The number of urea groups is 2. The fraction of sp³-hybridized carbons (Fsp3) is 0.273. The van der Waals surface area contributed by atoms with Crippen molar-refractivity contribution in [1.82, 2.24) is 10.2 Å². The predicted molar refractivity (Wildman–Crippen MR) is 123 cm³/mol. The topological polar surface area (TPSA) is 110 Å². The minimum Gasteiger partial charge on any atom is -0.481 e. The number of nitrogens with one attached hydrogen (secondary N) is 1. The maximum Gasteiger partial charge on any atom is 0.417 e. The zero-order valence-corrected chi connectivity index (χ0v) is 19.7. The number of carboxylic acids is 1. The monoisotopic (exact) mass is 544 g/mol. The summed E-state index contributed by atoms with van der Waals surface area (Å²) in [6.07, 6.45) is -4.77. The number of aliphatic carboxylic acids is 1. The lowest BCUT2D eigenvalue weighted by Crippen LogP contribution is -2.58. The van der Waals surface area contributed by atoms with Gasteiger partial charge in [0, 0.05) is 25.3 Å². The van der Waals surface area contributed by atoms with Crippen molar-refractivity contribution in [2.24, 2.45) is 5.92 Å². The Kier molecular flexibility index (Phi) is 6.76. The first-order valence-corrected chi connectivity index (χ1v) is 11.2. The summed E-state index contributed by atoms with van der Waals surface area (Å²) in [6, 6.07) is 5.94. The Morgan fingerprint density at radius 1 is 1.11 bits per heavy atom. The molecule has 14 heteroatoms. The Labute approximate surface area is 211 Å². The van der Waals surface area contributed by atoms with E-state index in [1.807, 2.05) is 0 Å². The molecule has 5 amide bonds. The first-order chi connectivity index (χ1) is 16.9.